The van der Waals surface area contributed by atoms with E-state index >= 15 is 0 Å². The first-order chi connectivity index (χ1) is 9.89. The normalized spacial score (nSPS) is 15.6. The van der Waals surface area contributed by atoms with Crippen LogP contribution in [0.5, 0.6) is 0 Å². The molecule has 1 aliphatic rings. The minimum absolute atomic E-state index is 0.0169. The fourth-order valence-electron chi connectivity index (χ4n) is 2.75. The van der Waals surface area contributed by atoms with Crippen LogP contribution in [0, 0.1) is 12.8 Å². The molecule has 3 rings (SSSR count). The van der Waals surface area contributed by atoms with Crippen LogP contribution in [-0.2, 0) is 10.3 Å². The van der Waals surface area contributed by atoms with Crippen molar-refractivity contribution in [3.63, 3.8) is 0 Å². The molecular formula is C15H19N3O2S. The van der Waals surface area contributed by atoms with Gasteiger partial charge in [-0.3, -0.25) is 9.36 Å². The van der Waals surface area contributed by atoms with Gasteiger partial charge >= 0.3 is 5.97 Å². The van der Waals surface area contributed by atoms with Gasteiger partial charge in [0.05, 0.1) is 5.75 Å². The van der Waals surface area contributed by atoms with E-state index in [-0.39, 0.29) is 11.3 Å². The number of carboxylic acid groups (broad SMARTS) is 1. The van der Waals surface area contributed by atoms with Crippen molar-refractivity contribution in [1.82, 2.24) is 14.5 Å². The molecule has 2 aromatic rings. The number of hydrogen-bond donors (Lipinski definition) is 1. The van der Waals surface area contributed by atoms with Crippen molar-refractivity contribution in [2.75, 3.05) is 5.75 Å². The molecule has 0 amide bonds. The summed E-state index contributed by atoms with van der Waals surface area (Å²) in [5, 5.41) is 9.69. The van der Waals surface area contributed by atoms with Gasteiger partial charge in [0.25, 0.3) is 0 Å². The lowest BCUT2D eigenvalue weighted by Crippen LogP contribution is -2.29. The largest absolute Gasteiger partial charge is 0.481 e. The summed E-state index contributed by atoms with van der Waals surface area (Å²) in [7, 11) is 0. The van der Waals surface area contributed by atoms with Crippen molar-refractivity contribution < 1.29 is 9.90 Å². The van der Waals surface area contributed by atoms with E-state index in [1.54, 1.807) is 0 Å². The second-order valence-electron chi connectivity index (χ2n) is 6.14. The summed E-state index contributed by atoms with van der Waals surface area (Å²) < 4.78 is 2.14. The highest BCUT2D eigenvalue weighted by molar-refractivity contribution is 7.99. The zero-order chi connectivity index (χ0) is 15.2. The summed E-state index contributed by atoms with van der Waals surface area (Å²) in [6.07, 6.45) is 2.42. The Morgan fingerprint density at radius 3 is 2.76 bits per heavy atom. The Morgan fingerprint density at radius 2 is 2.14 bits per heavy atom. The Kier molecular flexibility index (Phi) is 3.43. The molecule has 2 aromatic heterocycles. The Balaban J connectivity index is 2.13. The molecule has 1 aliphatic carbocycles. The zero-order valence-corrected chi connectivity index (χ0v) is 13.3. The fraction of sp³-hybridized carbons (Fsp3) is 0.533. The molecule has 112 valence electrons. The summed E-state index contributed by atoms with van der Waals surface area (Å²) in [4.78, 5) is 20.1. The van der Waals surface area contributed by atoms with E-state index in [0.717, 1.165) is 22.0 Å². The van der Waals surface area contributed by atoms with Gasteiger partial charge in [0.15, 0.2) is 10.8 Å². The van der Waals surface area contributed by atoms with Crippen molar-refractivity contribution in [2.45, 2.75) is 44.3 Å². The highest BCUT2D eigenvalue weighted by Gasteiger charge is 2.41. The first-order valence-electron chi connectivity index (χ1n) is 7.11. The number of nitrogens with zero attached hydrogens (tertiary/aromatic N) is 3. The van der Waals surface area contributed by atoms with Crippen LogP contribution in [0.15, 0.2) is 17.3 Å². The molecule has 0 atom stereocenters. The monoisotopic (exact) mass is 305 g/mol. The van der Waals surface area contributed by atoms with Gasteiger partial charge in [0, 0.05) is 11.2 Å². The van der Waals surface area contributed by atoms with E-state index in [1.807, 2.05) is 19.1 Å². The van der Waals surface area contributed by atoms with Crippen molar-refractivity contribution in [1.29, 1.82) is 0 Å². The third-order valence-electron chi connectivity index (χ3n) is 4.09. The van der Waals surface area contributed by atoms with E-state index < -0.39 is 5.97 Å². The Bertz CT molecular complexity index is 704. The Morgan fingerprint density at radius 1 is 1.43 bits per heavy atom. The minimum Gasteiger partial charge on any atom is -0.481 e. The Labute approximate surface area is 127 Å². The van der Waals surface area contributed by atoms with E-state index in [2.05, 4.69) is 28.4 Å². The molecule has 21 heavy (non-hydrogen) atoms. The average Bonchev–Trinajstić information content (AvgIpc) is 3.18. The predicted molar refractivity (Wildman–Crippen MR) is 82.7 cm³/mol. The number of carboxylic acids is 1. The van der Waals surface area contributed by atoms with Gasteiger partial charge in [0.2, 0.25) is 0 Å². The first-order valence-corrected chi connectivity index (χ1v) is 8.09. The van der Waals surface area contributed by atoms with Crippen LogP contribution in [0.1, 0.15) is 32.4 Å². The molecule has 0 aromatic carbocycles. The number of thioether (sulfide) groups is 1. The number of rotatable bonds is 5. The molecule has 1 N–H and O–H groups in total. The van der Waals surface area contributed by atoms with Crippen LogP contribution in [0.25, 0.3) is 11.2 Å². The molecule has 0 aliphatic heterocycles. The third-order valence-corrected chi connectivity index (χ3v) is 5.01. The molecule has 0 saturated heterocycles. The van der Waals surface area contributed by atoms with Gasteiger partial charge in [-0.1, -0.05) is 11.8 Å². The van der Waals surface area contributed by atoms with Crippen LogP contribution >= 0.6 is 11.8 Å². The van der Waals surface area contributed by atoms with Gasteiger partial charge in [-0.15, -0.1) is 0 Å². The molecule has 0 spiro atoms. The maximum absolute atomic E-state index is 10.9. The molecule has 0 bridgehead atoms. The third kappa shape index (κ3) is 2.64. The van der Waals surface area contributed by atoms with Crippen LogP contribution in [-0.4, -0.2) is 31.4 Å². The number of aryl methyl sites for hydroxylation is 1. The summed E-state index contributed by atoms with van der Waals surface area (Å²) in [6, 6.07) is 3.90. The van der Waals surface area contributed by atoms with Crippen molar-refractivity contribution in [2.24, 2.45) is 5.92 Å². The predicted octanol–water partition coefficient (Wildman–Crippen LogP) is 3.06. The SMILES string of the molecule is Cc1ccc2nc(SCC(=O)O)n(C(C)(C)C3CC3)c2n1. The number of aromatic nitrogens is 3. The van der Waals surface area contributed by atoms with Crippen molar-refractivity contribution >= 4 is 28.9 Å². The van der Waals surface area contributed by atoms with Crippen LogP contribution in [0.4, 0.5) is 0 Å². The summed E-state index contributed by atoms with van der Waals surface area (Å²) in [5.74, 6) is -0.198. The fourth-order valence-corrected chi connectivity index (χ4v) is 3.61. The van der Waals surface area contributed by atoms with Crippen molar-refractivity contribution in [3.05, 3.63) is 17.8 Å². The van der Waals surface area contributed by atoms with Crippen LogP contribution < -0.4 is 0 Å². The molecular weight excluding hydrogens is 286 g/mol. The molecule has 5 nitrogen and oxygen atoms in total. The van der Waals surface area contributed by atoms with Crippen LogP contribution in [0.3, 0.4) is 0 Å². The minimum atomic E-state index is -0.827. The second kappa shape index (κ2) is 5.02. The standard InChI is InChI=1S/C15H19N3O2S/c1-9-4-7-11-13(16-9)18(15(2,3)10-5-6-10)14(17-11)21-8-12(19)20/h4,7,10H,5-6,8H2,1-3H3,(H,19,20). The summed E-state index contributed by atoms with van der Waals surface area (Å²) in [5.41, 5.74) is 2.56. The number of pyridine rings is 1. The average molecular weight is 305 g/mol. The lowest BCUT2D eigenvalue weighted by molar-refractivity contribution is -0.133. The maximum Gasteiger partial charge on any atom is 0.313 e. The topological polar surface area (TPSA) is 68.0 Å². The van der Waals surface area contributed by atoms with E-state index in [1.165, 1.54) is 24.6 Å². The highest BCUT2D eigenvalue weighted by atomic mass is 32.2. The number of imidazole rings is 1. The lowest BCUT2D eigenvalue weighted by Gasteiger charge is -2.28. The number of aliphatic carboxylic acids is 1. The molecule has 2 heterocycles. The smallest absolute Gasteiger partial charge is 0.313 e. The maximum atomic E-state index is 10.9. The van der Waals surface area contributed by atoms with Gasteiger partial charge in [-0.2, -0.15) is 0 Å². The second-order valence-corrected chi connectivity index (χ2v) is 7.08. The zero-order valence-electron chi connectivity index (χ0n) is 12.5. The first kappa shape index (κ1) is 14.4. The molecule has 0 radical (unpaired) electrons. The van der Waals surface area contributed by atoms with Crippen LogP contribution in [0.2, 0.25) is 0 Å². The summed E-state index contributed by atoms with van der Waals surface area (Å²) >= 11 is 1.27. The van der Waals surface area contributed by atoms with E-state index in [4.69, 9.17) is 5.11 Å². The molecule has 1 saturated carbocycles. The molecule has 0 unspecified atom stereocenters. The number of carbonyl (C=O) groups is 1. The van der Waals surface area contributed by atoms with Gasteiger partial charge in [-0.25, -0.2) is 9.97 Å². The number of hydrogen-bond acceptors (Lipinski definition) is 4. The Hall–Kier alpha value is -1.56. The highest BCUT2D eigenvalue weighted by Crippen LogP contribution is 2.46. The van der Waals surface area contributed by atoms with Crippen molar-refractivity contribution in [3.8, 4) is 0 Å². The van der Waals surface area contributed by atoms with Gasteiger partial charge < -0.3 is 5.11 Å². The molecule has 1 fully saturated rings. The van der Waals surface area contributed by atoms with Gasteiger partial charge in [0.1, 0.15) is 5.52 Å². The molecule has 6 heteroatoms. The van der Waals surface area contributed by atoms with E-state index in [9.17, 15) is 4.79 Å². The number of fused-ring (bicyclic) bond motifs is 1. The quantitative estimate of drug-likeness (QED) is 0.860. The lowest BCUT2D eigenvalue weighted by atomic mass is 9.98. The van der Waals surface area contributed by atoms with Gasteiger partial charge in [-0.05, 0) is 51.7 Å². The summed E-state index contributed by atoms with van der Waals surface area (Å²) in [6.45, 7) is 6.35. The van der Waals surface area contributed by atoms with E-state index in [0.29, 0.717) is 5.92 Å².